The van der Waals surface area contributed by atoms with Crippen molar-refractivity contribution < 1.29 is 27.5 Å². The molecule has 0 aromatic rings. The van der Waals surface area contributed by atoms with Gasteiger partial charge in [-0.2, -0.15) is 13.2 Å². The maximum absolute atomic E-state index is 11.6. The Morgan fingerprint density at radius 2 is 1.93 bits per heavy atom. The van der Waals surface area contributed by atoms with Gasteiger partial charge in [-0.3, -0.25) is 9.59 Å². The molecular weight excluding hydrogens is 203 g/mol. The van der Waals surface area contributed by atoms with Crippen LogP contribution < -0.4 is 5.32 Å². The molecule has 0 aliphatic heterocycles. The third-order valence-electron chi connectivity index (χ3n) is 1.24. The molecule has 0 heterocycles. The zero-order valence-electron chi connectivity index (χ0n) is 7.48. The summed E-state index contributed by atoms with van der Waals surface area (Å²) in [5, 5.41) is 1.94. The first-order valence-corrected chi connectivity index (χ1v) is 3.75. The Bertz CT molecular complexity index is 215. The second-order valence-electron chi connectivity index (χ2n) is 2.47. The normalized spacial score (nSPS) is 10.9. The van der Waals surface area contributed by atoms with E-state index in [0.717, 1.165) is 7.11 Å². The van der Waals surface area contributed by atoms with Crippen LogP contribution in [0.1, 0.15) is 12.8 Å². The van der Waals surface area contributed by atoms with Crippen LogP contribution in [0.2, 0.25) is 0 Å². The van der Waals surface area contributed by atoms with Gasteiger partial charge < -0.3 is 10.1 Å². The Kier molecular flexibility index (Phi) is 4.96. The molecule has 4 nitrogen and oxygen atoms in total. The Balaban J connectivity index is 3.60. The van der Waals surface area contributed by atoms with Crippen LogP contribution in [0.5, 0.6) is 0 Å². The summed E-state index contributed by atoms with van der Waals surface area (Å²) in [6.45, 7) is -0.151. The van der Waals surface area contributed by atoms with E-state index in [2.05, 4.69) is 4.74 Å². The van der Waals surface area contributed by atoms with E-state index < -0.39 is 24.5 Å². The highest BCUT2D eigenvalue weighted by molar-refractivity contribution is 5.77. The highest BCUT2D eigenvalue weighted by Crippen LogP contribution is 2.18. The maximum Gasteiger partial charge on any atom is 0.397 e. The number of alkyl halides is 3. The molecule has 14 heavy (non-hydrogen) atoms. The molecule has 0 saturated heterocycles. The van der Waals surface area contributed by atoms with E-state index >= 15 is 0 Å². The van der Waals surface area contributed by atoms with Gasteiger partial charge in [0.15, 0.2) is 0 Å². The number of amides is 1. The molecule has 0 rings (SSSR count). The van der Waals surface area contributed by atoms with E-state index in [4.69, 9.17) is 0 Å². The molecule has 0 aromatic carbocycles. The van der Waals surface area contributed by atoms with Gasteiger partial charge in [-0.05, 0) is 0 Å². The first-order valence-electron chi connectivity index (χ1n) is 3.75. The number of ether oxygens (including phenoxy) is 1. The van der Waals surface area contributed by atoms with Crippen molar-refractivity contribution in [2.24, 2.45) is 0 Å². The average Bonchev–Trinajstić information content (AvgIpc) is 2.00. The minimum absolute atomic E-state index is 0.139. The number of hydrogen-bond donors (Lipinski definition) is 1. The second kappa shape index (κ2) is 5.46. The molecule has 0 aromatic heterocycles. The van der Waals surface area contributed by atoms with E-state index in [-0.39, 0.29) is 13.0 Å². The maximum atomic E-state index is 11.6. The fourth-order valence-corrected chi connectivity index (χ4v) is 0.651. The first-order chi connectivity index (χ1) is 6.35. The number of halogens is 3. The predicted octanol–water partition coefficient (Wildman–Crippen LogP) is 0.618. The van der Waals surface area contributed by atoms with E-state index in [1.807, 2.05) is 5.32 Å². The van der Waals surface area contributed by atoms with Gasteiger partial charge in [0, 0.05) is 6.54 Å². The lowest BCUT2D eigenvalue weighted by molar-refractivity contribution is -0.153. The summed E-state index contributed by atoms with van der Waals surface area (Å²) < 4.78 is 39.0. The molecule has 82 valence electrons. The Morgan fingerprint density at radius 3 is 2.36 bits per heavy atom. The van der Waals surface area contributed by atoms with Crippen molar-refractivity contribution in [3.63, 3.8) is 0 Å². The monoisotopic (exact) mass is 213 g/mol. The highest BCUT2D eigenvalue weighted by atomic mass is 19.4. The van der Waals surface area contributed by atoms with Crippen LogP contribution in [-0.4, -0.2) is 31.7 Å². The zero-order valence-corrected chi connectivity index (χ0v) is 7.48. The zero-order chi connectivity index (χ0) is 11.2. The fourth-order valence-electron chi connectivity index (χ4n) is 0.651. The summed E-state index contributed by atoms with van der Waals surface area (Å²) in [7, 11) is 1.15. The van der Waals surface area contributed by atoms with Gasteiger partial charge in [0.25, 0.3) is 0 Å². The Morgan fingerprint density at radius 1 is 1.36 bits per heavy atom. The van der Waals surface area contributed by atoms with Crippen molar-refractivity contribution in [1.29, 1.82) is 0 Å². The molecule has 0 atom stereocenters. The molecule has 1 amide bonds. The molecule has 0 saturated carbocycles. The van der Waals surface area contributed by atoms with Crippen molar-refractivity contribution in [3.05, 3.63) is 0 Å². The van der Waals surface area contributed by atoms with Crippen LogP contribution in [0.15, 0.2) is 0 Å². The summed E-state index contributed by atoms with van der Waals surface area (Å²) in [5.74, 6) is -1.74. The van der Waals surface area contributed by atoms with Gasteiger partial charge >= 0.3 is 12.1 Å². The smallest absolute Gasteiger partial charge is 0.397 e. The third-order valence-corrected chi connectivity index (χ3v) is 1.24. The van der Waals surface area contributed by atoms with Crippen LogP contribution in [0.3, 0.4) is 0 Å². The van der Waals surface area contributed by atoms with Crippen LogP contribution in [-0.2, 0) is 14.3 Å². The number of rotatable bonds is 4. The fraction of sp³-hybridized carbons (Fsp3) is 0.714. The number of nitrogens with one attached hydrogen (secondary N) is 1. The summed E-state index contributed by atoms with van der Waals surface area (Å²) in [6.07, 6.45) is -6.19. The first kappa shape index (κ1) is 12.7. The van der Waals surface area contributed by atoms with Crippen molar-refractivity contribution in [2.75, 3.05) is 13.7 Å². The molecule has 0 aliphatic carbocycles. The molecule has 0 unspecified atom stereocenters. The van der Waals surface area contributed by atoms with Crippen LogP contribution in [0.4, 0.5) is 13.2 Å². The predicted molar refractivity (Wildman–Crippen MR) is 40.3 cm³/mol. The molecule has 0 fully saturated rings. The number of methoxy groups -OCH3 is 1. The largest absolute Gasteiger partial charge is 0.469 e. The topological polar surface area (TPSA) is 55.4 Å². The van der Waals surface area contributed by atoms with E-state index in [9.17, 15) is 22.8 Å². The molecule has 0 aliphatic rings. The lowest BCUT2D eigenvalue weighted by atomic mass is 10.3. The van der Waals surface area contributed by atoms with Gasteiger partial charge in [-0.15, -0.1) is 0 Å². The number of carbonyl (C=O) groups excluding carboxylic acids is 2. The van der Waals surface area contributed by atoms with Gasteiger partial charge in [-0.25, -0.2) is 0 Å². The van der Waals surface area contributed by atoms with Gasteiger partial charge in [0.05, 0.1) is 13.5 Å². The van der Waals surface area contributed by atoms with Gasteiger partial charge in [-0.1, -0.05) is 0 Å². The minimum atomic E-state index is -4.52. The lowest BCUT2D eigenvalue weighted by Crippen LogP contribution is -2.30. The van der Waals surface area contributed by atoms with E-state index in [1.54, 1.807) is 0 Å². The van der Waals surface area contributed by atoms with Gasteiger partial charge in [0.1, 0.15) is 6.42 Å². The molecular formula is C7H10F3NO3. The van der Waals surface area contributed by atoms with Crippen molar-refractivity contribution >= 4 is 11.9 Å². The van der Waals surface area contributed by atoms with Crippen molar-refractivity contribution in [2.45, 2.75) is 19.0 Å². The third kappa shape index (κ3) is 7.38. The average molecular weight is 213 g/mol. The lowest BCUT2D eigenvalue weighted by Gasteiger charge is -2.06. The summed E-state index contributed by atoms with van der Waals surface area (Å²) in [5.41, 5.74) is 0. The van der Waals surface area contributed by atoms with Crippen molar-refractivity contribution in [3.8, 4) is 0 Å². The number of carbonyl (C=O) groups is 2. The molecule has 0 spiro atoms. The number of esters is 1. The Labute approximate surface area is 78.4 Å². The van der Waals surface area contributed by atoms with Crippen LogP contribution in [0.25, 0.3) is 0 Å². The molecule has 1 N–H and O–H groups in total. The number of hydrogen-bond acceptors (Lipinski definition) is 3. The standard InChI is InChI=1S/C7H10F3NO3/c1-14-6(13)2-3-11-5(12)4-7(8,9)10/h2-4H2,1H3,(H,11,12). The molecule has 7 heteroatoms. The molecule has 0 radical (unpaired) electrons. The van der Waals surface area contributed by atoms with Crippen LogP contribution >= 0.6 is 0 Å². The van der Waals surface area contributed by atoms with E-state index in [0.29, 0.717) is 0 Å². The summed E-state index contributed by atoms with van der Waals surface area (Å²) >= 11 is 0. The Hall–Kier alpha value is -1.27. The molecule has 0 bridgehead atoms. The second-order valence-corrected chi connectivity index (χ2v) is 2.47. The summed E-state index contributed by atoms with van der Waals surface area (Å²) in [6, 6.07) is 0. The SMILES string of the molecule is COC(=O)CCNC(=O)CC(F)(F)F. The quantitative estimate of drug-likeness (QED) is 0.696. The van der Waals surface area contributed by atoms with Crippen LogP contribution in [0, 0.1) is 0 Å². The summed E-state index contributed by atoms with van der Waals surface area (Å²) in [4.78, 5) is 21.0. The van der Waals surface area contributed by atoms with Gasteiger partial charge in [0.2, 0.25) is 5.91 Å². The minimum Gasteiger partial charge on any atom is -0.469 e. The highest BCUT2D eigenvalue weighted by Gasteiger charge is 2.30. The van der Waals surface area contributed by atoms with Crippen molar-refractivity contribution in [1.82, 2.24) is 5.32 Å². The van der Waals surface area contributed by atoms with E-state index in [1.165, 1.54) is 0 Å².